The quantitative estimate of drug-likeness (QED) is 0.0274. The SMILES string of the molecule is CCCCC/C=C\C/C=C\CCCCCCCC(=O)OC1=C(O)C(C2COC(C)(C)O2)OC1=O.CCCCCCCC/C=C\CCCCCC(C)CC(=O)OC1=C(O)C(C2COC(C)(C)O2)OC1=O. The maximum absolute atomic E-state index is 12.3. The summed E-state index contributed by atoms with van der Waals surface area (Å²) in [6.45, 7) is 13.7. The Morgan fingerprint density at radius 2 is 0.971 bits per heavy atom. The molecular formula is C55H88O14. The van der Waals surface area contributed by atoms with Crippen molar-refractivity contribution in [1.82, 2.24) is 0 Å². The summed E-state index contributed by atoms with van der Waals surface area (Å²) in [5, 5.41) is 20.7. The zero-order valence-electron chi connectivity index (χ0n) is 43.2. The van der Waals surface area contributed by atoms with Crippen molar-refractivity contribution in [3.8, 4) is 0 Å². The molecule has 14 heteroatoms. The van der Waals surface area contributed by atoms with Gasteiger partial charge in [-0.15, -0.1) is 0 Å². The van der Waals surface area contributed by atoms with E-state index in [0.29, 0.717) is 6.42 Å². The van der Waals surface area contributed by atoms with Crippen LogP contribution in [0.2, 0.25) is 0 Å². The molecule has 4 rings (SSSR count). The van der Waals surface area contributed by atoms with Crippen LogP contribution in [0.4, 0.5) is 0 Å². The number of rotatable bonds is 33. The molecule has 5 unspecified atom stereocenters. The van der Waals surface area contributed by atoms with Crippen LogP contribution in [0, 0.1) is 5.92 Å². The Morgan fingerprint density at radius 1 is 0.580 bits per heavy atom. The van der Waals surface area contributed by atoms with Gasteiger partial charge in [0.15, 0.2) is 35.3 Å². The smallest absolute Gasteiger partial charge is 0.378 e. The standard InChI is InChI=1S/C28H46O7.C27H42O7/c1-5-6-7-8-9-10-11-12-13-14-15-16-17-18-21(2)19-23(29)33-26-24(30)25(34-27(26)31)22-20-32-28(3,4)35-22;1-4-5-6-7-8-9-10-11-12-13-14-15-16-17-18-19-22(28)32-25-23(29)24(33-26(25)30)21-20-31-27(2,3)34-21/h12-13,21-22,25,30H,5-11,14-20H2,1-4H3;8-9,11-12,21,24,29H,4-7,10,13-20H2,1-3H3/b13-12-;9-8-,12-11-. The summed E-state index contributed by atoms with van der Waals surface area (Å²) >= 11 is 0. The van der Waals surface area contributed by atoms with Gasteiger partial charge in [-0.05, 0) is 97.8 Å². The van der Waals surface area contributed by atoms with E-state index < -0.39 is 82.9 Å². The zero-order valence-corrected chi connectivity index (χ0v) is 43.2. The summed E-state index contributed by atoms with van der Waals surface area (Å²) in [7, 11) is 0. The highest BCUT2D eigenvalue weighted by molar-refractivity contribution is 5.93. The van der Waals surface area contributed by atoms with Crippen LogP contribution in [-0.4, -0.2) is 83.3 Å². The number of hydrogen-bond acceptors (Lipinski definition) is 14. The van der Waals surface area contributed by atoms with Crippen molar-refractivity contribution in [2.24, 2.45) is 5.92 Å². The van der Waals surface area contributed by atoms with E-state index in [4.69, 9.17) is 37.9 Å². The molecule has 4 heterocycles. The van der Waals surface area contributed by atoms with E-state index in [1.165, 1.54) is 70.6 Å². The van der Waals surface area contributed by atoms with Crippen molar-refractivity contribution < 1.29 is 67.3 Å². The minimum Gasteiger partial charge on any atom is -0.505 e. The first-order valence-electron chi connectivity index (χ1n) is 26.4. The lowest BCUT2D eigenvalue weighted by Crippen LogP contribution is -2.32. The summed E-state index contributed by atoms with van der Waals surface area (Å²) in [4.78, 5) is 48.6. The molecule has 0 aromatic heterocycles. The largest absolute Gasteiger partial charge is 0.505 e. The van der Waals surface area contributed by atoms with Crippen molar-refractivity contribution in [2.45, 2.75) is 245 Å². The van der Waals surface area contributed by atoms with Gasteiger partial charge in [0.1, 0.15) is 12.2 Å². The van der Waals surface area contributed by atoms with Crippen LogP contribution in [0.15, 0.2) is 59.5 Å². The van der Waals surface area contributed by atoms with E-state index in [1.54, 1.807) is 27.7 Å². The normalized spacial score (nSPS) is 22.5. The number of aliphatic hydroxyl groups excluding tert-OH is 2. The third-order valence-corrected chi connectivity index (χ3v) is 12.3. The predicted molar refractivity (Wildman–Crippen MR) is 264 cm³/mol. The molecule has 0 aromatic carbocycles. The topological polar surface area (TPSA) is 183 Å². The summed E-state index contributed by atoms with van der Waals surface area (Å²) < 4.78 is 42.8. The van der Waals surface area contributed by atoms with Crippen LogP contribution in [0.5, 0.6) is 0 Å². The fourth-order valence-corrected chi connectivity index (χ4v) is 8.34. The first kappa shape index (κ1) is 59.3. The number of hydrogen-bond donors (Lipinski definition) is 2. The number of carbonyl (C=O) groups is 4. The summed E-state index contributed by atoms with van der Waals surface area (Å²) in [6.07, 6.45) is 37.2. The maximum Gasteiger partial charge on any atom is 0.378 e. The Morgan fingerprint density at radius 3 is 1.43 bits per heavy atom. The van der Waals surface area contributed by atoms with Crippen LogP contribution < -0.4 is 0 Å². The fraction of sp³-hybridized carbons (Fsp3) is 0.745. The number of carbonyl (C=O) groups excluding carboxylic acids is 4. The molecule has 2 fully saturated rings. The molecule has 0 spiro atoms. The highest BCUT2D eigenvalue weighted by atomic mass is 16.8. The van der Waals surface area contributed by atoms with Gasteiger partial charge in [-0.25, -0.2) is 9.59 Å². The van der Waals surface area contributed by atoms with Crippen molar-refractivity contribution in [3.05, 3.63) is 59.5 Å². The Labute approximate surface area is 413 Å². The molecule has 2 saturated heterocycles. The Kier molecular flexibility index (Phi) is 28.2. The average molecular weight is 973 g/mol. The van der Waals surface area contributed by atoms with E-state index in [-0.39, 0.29) is 32.0 Å². The monoisotopic (exact) mass is 973 g/mol. The molecule has 4 aliphatic heterocycles. The maximum atomic E-state index is 12.3. The summed E-state index contributed by atoms with van der Waals surface area (Å²) in [6, 6.07) is 0. The molecule has 0 aromatic rings. The second kappa shape index (κ2) is 32.8. The zero-order chi connectivity index (χ0) is 50.5. The second-order valence-electron chi connectivity index (χ2n) is 19.7. The highest BCUT2D eigenvalue weighted by Gasteiger charge is 2.49. The number of ether oxygens (including phenoxy) is 8. The van der Waals surface area contributed by atoms with E-state index in [9.17, 15) is 29.4 Å². The van der Waals surface area contributed by atoms with Gasteiger partial charge in [0.05, 0.1) is 13.2 Å². The number of esters is 4. The summed E-state index contributed by atoms with van der Waals surface area (Å²) in [5.74, 6) is -6.01. The van der Waals surface area contributed by atoms with Gasteiger partial charge < -0.3 is 48.1 Å². The van der Waals surface area contributed by atoms with Crippen LogP contribution >= 0.6 is 0 Å². The van der Waals surface area contributed by atoms with Gasteiger partial charge >= 0.3 is 23.9 Å². The van der Waals surface area contributed by atoms with Gasteiger partial charge in [0.2, 0.25) is 0 Å². The van der Waals surface area contributed by atoms with Crippen molar-refractivity contribution in [1.29, 1.82) is 0 Å². The Bertz CT molecular complexity index is 1710. The van der Waals surface area contributed by atoms with Gasteiger partial charge in [0.25, 0.3) is 11.5 Å². The van der Waals surface area contributed by atoms with Gasteiger partial charge in [-0.2, -0.15) is 0 Å². The van der Waals surface area contributed by atoms with Crippen molar-refractivity contribution in [2.75, 3.05) is 13.2 Å². The molecule has 5 atom stereocenters. The van der Waals surface area contributed by atoms with E-state index in [2.05, 4.69) is 50.3 Å². The molecule has 0 radical (unpaired) electrons. The molecule has 0 amide bonds. The lowest BCUT2D eigenvalue weighted by molar-refractivity contribution is -0.164. The van der Waals surface area contributed by atoms with Crippen LogP contribution in [-0.2, 0) is 57.1 Å². The van der Waals surface area contributed by atoms with Gasteiger partial charge in [-0.3, -0.25) is 9.59 Å². The molecule has 392 valence electrons. The van der Waals surface area contributed by atoms with E-state index in [0.717, 1.165) is 70.6 Å². The van der Waals surface area contributed by atoms with Crippen LogP contribution in [0.25, 0.3) is 0 Å². The molecule has 0 aliphatic carbocycles. The molecular weight excluding hydrogens is 885 g/mol. The molecule has 14 nitrogen and oxygen atoms in total. The minimum absolute atomic E-state index is 0.133. The van der Waals surface area contributed by atoms with E-state index in [1.807, 2.05) is 6.92 Å². The van der Waals surface area contributed by atoms with Gasteiger partial charge in [-0.1, -0.05) is 141 Å². The first-order chi connectivity index (χ1) is 33.1. The fourth-order valence-electron chi connectivity index (χ4n) is 8.34. The molecule has 0 bridgehead atoms. The molecule has 69 heavy (non-hydrogen) atoms. The lowest BCUT2D eigenvalue weighted by atomic mass is 9.99. The number of cyclic esters (lactones) is 2. The Hall–Kier alpha value is -3.98. The number of allylic oxidation sites excluding steroid dienone is 6. The second-order valence-corrected chi connectivity index (χ2v) is 19.7. The number of aliphatic hydroxyl groups is 2. The number of unbranched alkanes of at least 4 members (excludes halogenated alkanes) is 17. The first-order valence-corrected chi connectivity index (χ1v) is 26.4. The van der Waals surface area contributed by atoms with Crippen LogP contribution in [0.3, 0.4) is 0 Å². The van der Waals surface area contributed by atoms with Crippen molar-refractivity contribution >= 4 is 23.9 Å². The predicted octanol–water partition coefficient (Wildman–Crippen LogP) is 12.8. The Balaban J connectivity index is 0.000000365. The van der Waals surface area contributed by atoms with E-state index >= 15 is 0 Å². The summed E-state index contributed by atoms with van der Waals surface area (Å²) in [5.41, 5.74) is 0. The average Bonchev–Trinajstić information content (AvgIpc) is 4.02. The van der Waals surface area contributed by atoms with Crippen LogP contribution in [0.1, 0.15) is 209 Å². The highest BCUT2D eigenvalue weighted by Crippen LogP contribution is 2.34. The molecule has 0 saturated carbocycles. The van der Waals surface area contributed by atoms with Gasteiger partial charge in [0, 0.05) is 12.8 Å². The van der Waals surface area contributed by atoms with Crippen molar-refractivity contribution in [3.63, 3.8) is 0 Å². The lowest BCUT2D eigenvalue weighted by Gasteiger charge is -2.19. The third kappa shape index (κ3) is 23.7. The molecule has 4 aliphatic rings. The minimum atomic E-state index is -1.02. The molecule has 2 N–H and O–H groups in total. The third-order valence-electron chi connectivity index (χ3n) is 12.3.